The van der Waals surface area contributed by atoms with Crippen LogP contribution < -0.4 is 0 Å². The normalized spacial score (nSPS) is 36.4. The number of rotatable bonds is 8. The van der Waals surface area contributed by atoms with Gasteiger partial charge in [-0.15, -0.1) is 0 Å². The molecule has 3 rings (SSSR count). The fourth-order valence-corrected chi connectivity index (χ4v) is 5.02. The second kappa shape index (κ2) is 6.02. The SMILES string of the molecule is CCCCCCCCC1C[C@H]2C[C@]2(C2=CCCC2)C1. The molecule has 0 heteroatoms. The minimum Gasteiger partial charge on any atom is -0.0847 e. The lowest BCUT2D eigenvalue weighted by Gasteiger charge is -2.18. The first kappa shape index (κ1) is 13.7. The number of allylic oxidation sites excluding steroid dienone is 2. The van der Waals surface area contributed by atoms with Gasteiger partial charge in [-0.2, -0.15) is 0 Å². The fraction of sp³-hybridized carbons (Fsp3) is 0.895. The van der Waals surface area contributed by atoms with Gasteiger partial charge in [0.05, 0.1) is 0 Å². The van der Waals surface area contributed by atoms with Crippen LogP contribution in [-0.2, 0) is 0 Å². The molecular formula is C19H32. The predicted molar refractivity (Wildman–Crippen MR) is 83.2 cm³/mol. The van der Waals surface area contributed by atoms with Gasteiger partial charge in [0, 0.05) is 0 Å². The van der Waals surface area contributed by atoms with Gasteiger partial charge in [0.1, 0.15) is 0 Å². The van der Waals surface area contributed by atoms with Crippen LogP contribution >= 0.6 is 0 Å². The maximum absolute atomic E-state index is 2.60. The van der Waals surface area contributed by atoms with Gasteiger partial charge in [0.2, 0.25) is 0 Å². The molecule has 0 bridgehead atoms. The van der Waals surface area contributed by atoms with Crippen LogP contribution in [0.4, 0.5) is 0 Å². The predicted octanol–water partition coefficient (Wildman–Crippen LogP) is 6.26. The number of hydrogen-bond donors (Lipinski definition) is 0. The van der Waals surface area contributed by atoms with Crippen molar-refractivity contribution >= 4 is 0 Å². The molecule has 19 heavy (non-hydrogen) atoms. The zero-order valence-corrected chi connectivity index (χ0v) is 12.9. The minimum absolute atomic E-state index is 0.767. The molecule has 0 saturated heterocycles. The molecule has 0 aromatic heterocycles. The van der Waals surface area contributed by atoms with E-state index in [2.05, 4.69) is 13.0 Å². The van der Waals surface area contributed by atoms with Gasteiger partial charge < -0.3 is 0 Å². The quantitative estimate of drug-likeness (QED) is 0.357. The van der Waals surface area contributed by atoms with Crippen molar-refractivity contribution in [3.8, 4) is 0 Å². The zero-order chi connectivity index (χ0) is 13.1. The first-order valence-electron chi connectivity index (χ1n) is 9.04. The highest BCUT2D eigenvalue weighted by atomic mass is 14.6. The summed E-state index contributed by atoms with van der Waals surface area (Å²) in [6.45, 7) is 2.31. The molecule has 0 amide bonds. The van der Waals surface area contributed by atoms with Crippen LogP contribution in [-0.4, -0.2) is 0 Å². The third kappa shape index (κ3) is 2.93. The fourth-order valence-electron chi connectivity index (χ4n) is 5.02. The van der Waals surface area contributed by atoms with Gasteiger partial charge in [-0.1, -0.05) is 63.5 Å². The van der Waals surface area contributed by atoms with Crippen LogP contribution in [0.15, 0.2) is 11.6 Å². The second-order valence-corrected chi connectivity index (χ2v) is 7.54. The van der Waals surface area contributed by atoms with Crippen molar-refractivity contribution in [3.05, 3.63) is 11.6 Å². The largest absolute Gasteiger partial charge is 0.0847 e. The standard InChI is InChI=1S/C19H32/c1-2-3-4-5-6-7-10-16-13-18-15-19(18,14-16)17-11-8-9-12-17/h11,16,18H,2-10,12-15H2,1H3/t16?,18-,19-/m0/s1. The number of hydrogen-bond acceptors (Lipinski definition) is 0. The van der Waals surface area contributed by atoms with E-state index in [-0.39, 0.29) is 0 Å². The van der Waals surface area contributed by atoms with Crippen molar-refractivity contribution in [1.82, 2.24) is 0 Å². The van der Waals surface area contributed by atoms with E-state index in [0.717, 1.165) is 17.3 Å². The van der Waals surface area contributed by atoms with Gasteiger partial charge in [0.25, 0.3) is 0 Å². The van der Waals surface area contributed by atoms with Crippen LogP contribution in [0.5, 0.6) is 0 Å². The summed E-state index contributed by atoms with van der Waals surface area (Å²) in [5, 5.41) is 0. The van der Waals surface area contributed by atoms with E-state index in [4.69, 9.17) is 0 Å². The molecule has 0 spiro atoms. The highest BCUT2D eigenvalue weighted by molar-refractivity contribution is 5.30. The number of unbranched alkanes of at least 4 members (excludes halogenated alkanes) is 5. The smallest absolute Gasteiger partial charge is 0.00539 e. The Hall–Kier alpha value is -0.260. The molecule has 0 radical (unpaired) electrons. The average molecular weight is 260 g/mol. The van der Waals surface area contributed by atoms with Crippen molar-refractivity contribution in [2.45, 2.75) is 90.4 Å². The van der Waals surface area contributed by atoms with Gasteiger partial charge in [-0.05, 0) is 55.8 Å². The van der Waals surface area contributed by atoms with Gasteiger partial charge >= 0.3 is 0 Å². The maximum atomic E-state index is 2.60. The lowest BCUT2D eigenvalue weighted by molar-refractivity contribution is 0.401. The first-order valence-corrected chi connectivity index (χ1v) is 9.04. The van der Waals surface area contributed by atoms with Gasteiger partial charge in [-0.25, -0.2) is 0 Å². The maximum Gasteiger partial charge on any atom is -0.00539 e. The molecular weight excluding hydrogens is 228 g/mol. The third-order valence-corrected chi connectivity index (χ3v) is 6.15. The molecule has 0 aliphatic heterocycles. The second-order valence-electron chi connectivity index (χ2n) is 7.54. The summed E-state index contributed by atoms with van der Waals surface area (Å²) in [5.41, 5.74) is 2.66. The van der Waals surface area contributed by atoms with Crippen molar-refractivity contribution in [3.63, 3.8) is 0 Å². The summed E-state index contributed by atoms with van der Waals surface area (Å²) >= 11 is 0. The molecule has 3 aliphatic carbocycles. The first-order chi connectivity index (χ1) is 9.35. The van der Waals surface area contributed by atoms with Gasteiger partial charge in [-0.3, -0.25) is 0 Å². The van der Waals surface area contributed by atoms with Crippen molar-refractivity contribution in [2.24, 2.45) is 17.3 Å². The molecule has 0 nitrogen and oxygen atoms in total. The van der Waals surface area contributed by atoms with Crippen molar-refractivity contribution in [1.29, 1.82) is 0 Å². The molecule has 2 fully saturated rings. The molecule has 1 unspecified atom stereocenters. The van der Waals surface area contributed by atoms with E-state index in [0.29, 0.717) is 0 Å². The molecule has 0 heterocycles. The highest BCUT2D eigenvalue weighted by Crippen LogP contribution is 2.71. The summed E-state index contributed by atoms with van der Waals surface area (Å²) in [6.07, 6.45) is 21.9. The van der Waals surface area contributed by atoms with Gasteiger partial charge in [0.15, 0.2) is 0 Å². The van der Waals surface area contributed by atoms with Crippen molar-refractivity contribution in [2.75, 3.05) is 0 Å². The average Bonchev–Trinajstić information content (AvgIpc) is 2.87. The molecule has 0 N–H and O–H groups in total. The summed E-state index contributed by atoms with van der Waals surface area (Å²) in [7, 11) is 0. The third-order valence-electron chi connectivity index (χ3n) is 6.15. The van der Waals surface area contributed by atoms with Crippen LogP contribution in [0.3, 0.4) is 0 Å². The lowest BCUT2D eigenvalue weighted by atomic mass is 9.87. The Morgan fingerprint density at radius 3 is 2.74 bits per heavy atom. The zero-order valence-electron chi connectivity index (χ0n) is 12.9. The van der Waals surface area contributed by atoms with E-state index >= 15 is 0 Å². The molecule has 0 aromatic carbocycles. The molecule has 2 saturated carbocycles. The summed E-state index contributed by atoms with van der Waals surface area (Å²) < 4.78 is 0. The molecule has 108 valence electrons. The van der Waals surface area contributed by atoms with Crippen LogP contribution in [0.1, 0.15) is 90.4 Å². The molecule has 3 aliphatic rings. The van der Waals surface area contributed by atoms with E-state index in [1.807, 2.05) is 5.57 Å². The van der Waals surface area contributed by atoms with Crippen LogP contribution in [0, 0.1) is 17.3 Å². The van der Waals surface area contributed by atoms with Crippen LogP contribution in [0.25, 0.3) is 0 Å². The van der Waals surface area contributed by atoms with E-state index < -0.39 is 0 Å². The monoisotopic (exact) mass is 260 g/mol. The van der Waals surface area contributed by atoms with E-state index in [1.54, 1.807) is 19.3 Å². The Kier molecular flexibility index (Phi) is 4.34. The van der Waals surface area contributed by atoms with Crippen molar-refractivity contribution < 1.29 is 0 Å². The Labute approximate surface area is 120 Å². The molecule has 0 aromatic rings. The Bertz CT molecular complexity index is 327. The minimum atomic E-state index is 0.767. The molecule has 3 atom stereocenters. The Morgan fingerprint density at radius 2 is 1.95 bits per heavy atom. The number of fused-ring (bicyclic) bond motifs is 1. The highest BCUT2D eigenvalue weighted by Gasteiger charge is 2.61. The topological polar surface area (TPSA) is 0 Å². The van der Waals surface area contributed by atoms with E-state index in [9.17, 15) is 0 Å². The Morgan fingerprint density at radius 1 is 1.11 bits per heavy atom. The summed E-state index contributed by atoms with van der Waals surface area (Å²) in [6, 6.07) is 0. The Balaban J connectivity index is 1.34. The summed E-state index contributed by atoms with van der Waals surface area (Å²) in [5.74, 6) is 2.20. The lowest BCUT2D eigenvalue weighted by Crippen LogP contribution is -2.05. The van der Waals surface area contributed by atoms with Crippen LogP contribution in [0.2, 0.25) is 0 Å². The summed E-state index contributed by atoms with van der Waals surface area (Å²) in [4.78, 5) is 0. The van der Waals surface area contributed by atoms with E-state index in [1.165, 1.54) is 64.2 Å².